The SMILES string of the molecule is Cc1c(-c2nc3cc(C=O)cc(C#N)c3o2)cccc1-c1cccc(-c2nc3c(s2)CN(C(=O)CCl)C3)c1C. The van der Waals surface area contributed by atoms with Crippen molar-refractivity contribution < 1.29 is 14.0 Å². The number of amides is 1. The van der Waals surface area contributed by atoms with Gasteiger partial charge in [0.1, 0.15) is 28.8 Å². The Morgan fingerprint density at radius 3 is 2.44 bits per heavy atom. The summed E-state index contributed by atoms with van der Waals surface area (Å²) in [5, 5.41) is 10.5. The van der Waals surface area contributed by atoms with E-state index in [2.05, 4.69) is 36.2 Å². The molecule has 39 heavy (non-hydrogen) atoms. The predicted molar refractivity (Wildman–Crippen MR) is 151 cm³/mol. The van der Waals surface area contributed by atoms with Crippen molar-refractivity contribution in [3.05, 3.63) is 81.4 Å². The molecule has 0 aliphatic carbocycles. The largest absolute Gasteiger partial charge is 0.435 e. The fourth-order valence-corrected chi connectivity index (χ4v) is 6.39. The number of benzene rings is 3. The lowest BCUT2D eigenvalue weighted by atomic mass is 9.91. The molecule has 0 N–H and O–H groups in total. The zero-order valence-corrected chi connectivity index (χ0v) is 22.7. The highest BCUT2D eigenvalue weighted by Gasteiger charge is 2.27. The number of carbonyl (C=O) groups is 2. The Kier molecular flexibility index (Phi) is 6.26. The summed E-state index contributed by atoms with van der Waals surface area (Å²) in [6.07, 6.45) is 0.697. The van der Waals surface area contributed by atoms with Crippen LogP contribution in [0.2, 0.25) is 0 Å². The maximum atomic E-state index is 12.0. The first kappa shape index (κ1) is 25.0. The lowest BCUT2D eigenvalue weighted by molar-refractivity contribution is -0.129. The van der Waals surface area contributed by atoms with Crippen molar-refractivity contribution in [2.45, 2.75) is 26.9 Å². The summed E-state index contributed by atoms with van der Waals surface area (Å²) in [4.78, 5) is 35.6. The molecule has 0 saturated carbocycles. The Morgan fingerprint density at radius 2 is 1.77 bits per heavy atom. The standard InChI is InChI=1S/C30H21ClN4O3S/c1-16-20(5-3-7-22(16)29-33-24-10-18(15-36)9-19(12-32)28(24)38-29)21-6-4-8-23(17(21)2)30-34-25-13-35(27(37)11-31)14-26(25)39-30/h3-10,15H,11,13-14H2,1-2H3. The minimum atomic E-state index is -0.0797. The second-order valence-electron chi connectivity index (χ2n) is 9.39. The van der Waals surface area contributed by atoms with Gasteiger partial charge in [0.2, 0.25) is 11.8 Å². The van der Waals surface area contributed by atoms with Gasteiger partial charge < -0.3 is 9.32 Å². The van der Waals surface area contributed by atoms with Gasteiger partial charge in [0.15, 0.2) is 5.58 Å². The number of aldehydes is 1. The highest BCUT2D eigenvalue weighted by molar-refractivity contribution is 7.15. The molecule has 0 fully saturated rings. The van der Waals surface area contributed by atoms with Gasteiger partial charge in [-0.1, -0.05) is 30.3 Å². The number of aromatic nitrogens is 2. The lowest BCUT2D eigenvalue weighted by Crippen LogP contribution is -2.26. The molecule has 1 amide bonds. The molecule has 0 atom stereocenters. The fraction of sp³-hybridized carbons (Fsp3) is 0.167. The van der Waals surface area contributed by atoms with Gasteiger partial charge in [-0.3, -0.25) is 9.59 Å². The number of hydrogen-bond acceptors (Lipinski definition) is 7. The van der Waals surface area contributed by atoms with Crippen LogP contribution in [0.4, 0.5) is 0 Å². The Bertz CT molecular complexity index is 1830. The molecule has 6 rings (SSSR count). The first-order valence-corrected chi connectivity index (χ1v) is 13.6. The van der Waals surface area contributed by atoms with Crippen LogP contribution >= 0.6 is 22.9 Å². The summed E-state index contributed by atoms with van der Waals surface area (Å²) in [6, 6.07) is 17.4. The number of alkyl halides is 1. The van der Waals surface area contributed by atoms with Crippen LogP contribution in [-0.2, 0) is 17.9 Å². The van der Waals surface area contributed by atoms with Gasteiger partial charge in [-0.15, -0.1) is 22.9 Å². The number of thiazole rings is 1. The molecule has 0 radical (unpaired) electrons. The summed E-state index contributed by atoms with van der Waals surface area (Å²) < 4.78 is 6.04. The Balaban J connectivity index is 1.39. The third-order valence-corrected chi connectivity index (χ3v) is 8.45. The third kappa shape index (κ3) is 4.20. The number of hydrogen-bond donors (Lipinski definition) is 0. The van der Waals surface area contributed by atoms with E-state index < -0.39 is 0 Å². The van der Waals surface area contributed by atoms with Gasteiger partial charge in [0.05, 0.1) is 24.3 Å². The van der Waals surface area contributed by atoms with Crippen LogP contribution in [0, 0.1) is 25.2 Å². The number of nitrogens with zero attached hydrogens (tertiary/aromatic N) is 4. The molecule has 1 aliphatic rings. The van der Waals surface area contributed by atoms with E-state index in [1.807, 2.05) is 25.1 Å². The van der Waals surface area contributed by atoms with Gasteiger partial charge in [0.25, 0.3) is 0 Å². The maximum absolute atomic E-state index is 12.0. The molecular formula is C30H21ClN4O3S. The van der Waals surface area contributed by atoms with E-state index in [0.29, 0.717) is 41.9 Å². The van der Waals surface area contributed by atoms with E-state index in [4.69, 9.17) is 21.0 Å². The summed E-state index contributed by atoms with van der Waals surface area (Å²) in [6.45, 7) is 5.15. The molecular weight excluding hydrogens is 532 g/mol. The average Bonchev–Trinajstić information content (AvgIpc) is 3.66. The van der Waals surface area contributed by atoms with Crippen LogP contribution in [0.15, 0.2) is 52.9 Å². The number of halogens is 1. The summed E-state index contributed by atoms with van der Waals surface area (Å²) >= 11 is 7.34. The number of carbonyl (C=O) groups excluding carboxylic acids is 2. The van der Waals surface area contributed by atoms with Crippen LogP contribution in [0.5, 0.6) is 0 Å². The van der Waals surface area contributed by atoms with Crippen molar-refractivity contribution >= 4 is 46.2 Å². The highest BCUT2D eigenvalue weighted by atomic mass is 35.5. The monoisotopic (exact) mass is 552 g/mol. The number of fused-ring (bicyclic) bond motifs is 2. The minimum Gasteiger partial charge on any atom is -0.435 e. The van der Waals surface area contributed by atoms with E-state index in [1.165, 1.54) is 6.07 Å². The van der Waals surface area contributed by atoms with Crippen molar-refractivity contribution in [3.8, 4) is 39.2 Å². The molecule has 0 unspecified atom stereocenters. The minimum absolute atomic E-state index is 0.0236. The Morgan fingerprint density at radius 1 is 1.08 bits per heavy atom. The van der Waals surface area contributed by atoms with Gasteiger partial charge in [-0.05, 0) is 54.3 Å². The smallest absolute Gasteiger partial charge is 0.238 e. The van der Waals surface area contributed by atoms with E-state index >= 15 is 0 Å². The molecule has 3 heterocycles. The first-order chi connectivity index (χ1) is 18.9. The fourth-order valence-electron chi connectivity index (χ4n) is 5.06. The first-order valence-electron chi connectivity index (χ1n) is 12.2. The van der Waals surface area contributed by atoms with Gasteiger partial charge in [0, 0.05) is 21.6 Å². The highest BCUT2D eigenvalue weighted by Crippen LogP contribution is 2.40. The third-order valence-electron chi connectivity index (χ3n) is 7.11. The second kappa shape index (κ2) is 9.77. The Hall–Kier alpha value is -4.32. The molecule has 1 aliphatic heterocycles. The molecule has 192 valence electrons. The van der Waals surface area contributed by atoms with Crippen LogP contribution in [0.25, 0.3) is 44.3 Å². The van der Waals surface area contributed by atoms with Gasteiger partial charge >= 0.3 is 0 Å². The zero-order valence-electron chi connectivity index (χ0n) is 21.1. The lowest BCUT2D eigenvalue weighted by Gasteiger charge is -2.15. The van der Waals surface area contributed by atoms with E-state index in [9.17, 15) is 14.9 Å². The van der Waals surface area contributed by atoms with Crippen LogP contribution in [0.1, 0.15) is 37.6 Å². The number of oxazole rings is 1. The molecule has 7 nitrogen and oxygen atoms in total. The molecule has 5 aromatic rings. The van der Waals surface area contributed by atoms with Crippen LogP contribution in [0.3, 0.4) is 0 Å². The molecule has 0 bridgehead atoms. The zero-order chi connectivity index (χ0) is 27.3. The second-order valence-corrected chi connectivity index (χ2v) is 10.7. The summed E-state index contributed by atoms with van der Waals surface area (Å²) in [5.41, 5.74) is 8.46. The topological polar surface area (TPSA) is 100 Å². The molecule has 2 aromatic heterocycles. The summed E-state index contributed by atoms with van der Waals surface area (Å²) in [5.74, 6) is 0.290. The maximum Gasteiger partial charge on any atom is 0.238 e. The van der Waals surface area contributed by atoms with Gasteiger partial charge in [-0.25, -0.2) is 9.97 Å². The van der Waals surface area contributed by atoms with Crippen molar-refractivity contribution in [3.63, 3.8) is 0 Å². The summed E-state index contributed by atoms with van der Waals surface area (Å²) in [7, 11) is 0. The molecule has 3 aromatic carbocycles. The van der Waals surface area contributed by atoms with E-state index in [1.54, 1.807) is 22.3 Å². The van der Waals surface area contributed by atoms with Crippen LogP contribution in [-0.4, -0.2) is 32.9 Å². The molecule has 0 saturated heterocycles. The van der Waals surface area contributed by atoms with Crippen molar-refractivity contribution in [1.29, 1.82) is 5.26 Å². The normalized spacial score (nSPS) is 12.5. The Labute approximate surface area is 233 Å². The quantitative estimate of drug-likeness (QED) is 0.178. The van der Waals surface area contributed by atoms with Crippen molar-refractivity contribution in [1.82, 2.24) is 14.9 Å². The number of rotatable bonds is 5. The van der Waals surface area contributed by atoms with Crippen molar-refractivity contribution in [2.24, 2.45) is 0 Å². The molecule has 0 spiro atoms. The van der Waals surface area contributed by atoms with Crippen molar-refractivity contribution in [2.75, 3.05) is 5.88 Å². The number of nitriles is 1. The van der Waals surface area contributed by atoms with Crippen LogP contribution < -0.4 is 0 Å². The molecule has 9 heteroatoms. The average molecular weight is 553 g/mol. The van der Waals surface area contributed by atoms with E-state index in [-0.39, 0.29) is 17.4 Å². The van der Waals surface area contributed by atoms with E-state index in [0.717, 1.165) is 49.0 Å². The predicted octanol–water partition coefficient (Wildman–Crippen LogP) is 6.67. The van der Waals surface area contributed by atoms with Gasteiger partial charge in [-0.2, -0.15) is 5.26 Å².